The molecular weight excluding hydrogens is 292 g/mol. The van der Waals surface area contributed by atoms with E-state index < -0.39 is 0 Å². The third-order valence-electron chi connectivity index (χ3n) is 4.12. The second-order valence-electron chi connectivity index (χ2n) is 5.85. The van der Waals surface area contributed by atoms with Crippen LogP contribution in [0.15, 0.2) is 34.9 Å². The molecule has 23 heavy (non-hydrogen) atoms. The fourth-order valence-electron chi connectivity index (χ4n) is 2.94. The Hall–Kier alpha value is -2.37. The number of aryl methyl sites for hydroxylation is 1. The summed E-state index contributed by atoms with van der Waals surface area (Å²) in [5, 5.41) is 6.85. The molecular formula is C17H22N4O2. The van der Waals surface area contributed by atoms with Crippen molar-refractivity contribution in [3.63, 3.8) is 0 Å². The highest BCUT2D eigenvalue weighted by Gasteiger charge is 2.31. The monoisotopic (exact) mass is 314 g/mol. The molecule has 0 radical (unpaired) electrons. The molecule has 1 fully saturated rings. The fraction of sp³-hybridized carbons (Fsp3) is 0.471. The lowest BCUT2D eigenvalue weighted by atomic mass is 10.0. The molecule has 2 amide bonds. The highest BCUT2D eigenvalue weighted by molar-refractivity contribution is 5.74. The first-order valence-electron chi connectivity index (χ1n) is 8.12. The number of rotatable bonds is 4. The van der Waals surface area contributed by atoms with Gasteiger partial charge >= 0.3 is 6.03 Å². The van der Waals surface area contributed by atoms with Gasteiger partial charge in [-0.3, -0.25) is 0 Å². The molecule has 1 aliphatic heterocycles. The first-order chi connectivity index (χ1) is 11.2. The zero-order valence-corrected chi connectivity index (χ0v) is 13.4. The molecule has 0 bridgehead atoms. The summed E-state index contributed by atoms with van der Waals surface area (Å²) in [6, 6.07) is 9.98. The molecule has 3 rings (SSSR count). The van der Waals surface area contributed by atoms with E-state index in [1.165, 1.54) is 5.56 Å². The van der Waals surface area contributed by atoms with Crippen molar-refractivity contribution in [3.8, 4) is 0 Å². The van der Waals surface area contributed by atoms with Gasteiger partial charge in [-0.05, 0) is 38.2 Å². The largest absolute Gasteiger partial charge is 0.338 e. The Morgan fingerprint density at radius 1 is 1.35 bits per heavy atom. The Morgan fingerprint density at radius 2 is 2.17 bits per heavy atom. The number of amides is 2. The van der Waals surface area contributed by atoms with Crippen LogP contribution < -0.4 is 5.32 Å². The van der Waals surface area contributed by atoms with E-state index in [9.17, 15) is 4.79 Å². The first-order valence-corrected chi connectivity index (χ1v) is 8.12. The van der Waals surface area contributed by atoms with Crippen LogP contribution in [0.3, 0.4) is 0 Å². The maximum atomic E-state index is 12.5. The third-order valence-corrected chi connectivity index (χ3v) is 4.12. The standard InChI is InChI=1S/C17H22N4O2/c1-13-19-16(23-20-13)15-9-5-6-12-21(15)17(22)18-11-10-14-7-3-2-4-8-14/h2-4,7-8,15H,5-6,9-12H2,1H3,(H,18,22)/t15-/m1/s1. The van der Waals surface area contributed by atoms with Gasteiger partial charge in [-0.2, -0.15) is 4.98 Å². The van der Waals surface area contributed by atoms with Crippen molar-refractivity contribution in [2.45, 2.75) is 38.6 Å². The molecule has 1 aliphatic rings. The molecule has 1 aromatic carbocycles. The van der Waals surface area contributed by atoms with Crippen molar-refractivity contribution in [2.24, 2.45) is 0 Å². The second kappa shape index (κ2) is 7.26. The number of aromatic nitrogens is 2. The summed E-state index contributed by atoms with van der Waals surface area (Å²) in [6.07, 6.45) is 3.77. The molecule has 0 saturated carbocycles. The summed E-state index contributed by atoms with van der Waals surface area (Å²) in [5.74, 6) is 1.15. The summed E-state index contributed by atoms with van der Waals surface area (Å²) in [7, 11) is 0. The van der Waals surface area contributed by atoms with E-state index in [4.69, 9.17) is 4.52 Å². The summed E-state index contributed by atoms with van der Waals surface area (Å²) < 4.78 is 5.28. The fourth-order valence-corrected chi connectivity index (χ4v) is 2.94. The van der Waals surface area contributed by atoms with Gasteiger partial charge in [0.25, 0.3) is 0 Å². The highest BCUT2D eigenvalue weighted by Crippen LogP contribution is 2.29. The van der Waals surface area contributed by atoms with Gasteiger partial charge in [0.1, 0.15) is 6.04 Å². The van der Waals surface area contributed by atoms with Crippen LogP contribution >= 0.6 is 0 Å². The van der Waals surface area contributed by atoms with Crippen molar-refractivity contribution in [1.29, 1.82) is 0 Å². The van der Waals surface area contributed by atoms with E-state index in [-0.39, 0.29) is 12.1 Å². The quantitative estimate of drug-likeness (QED) is 0.942. The van der Waals surface area contributed by atoms with E-state index in [0.29, 0.717) is 18.3 Å². The zero-order chi connectivity index (χ0) is 16.1. The lowest BCUT2D eigenvalue weighted by molar-refractivity contribution is 0.132. The Balaban J connectivity index is 1.58. The minimum Gasteiger partial charge on any atom is -0.338 e. The van der Waals surface area contributed by atoms with E-state index in [1.807, 2.05) is 23.1 Å². The topological polar surface area (TPSA) is 71.3 Å². The summed E-state index contributed by atoms with van der Waals surface area (Å²) in [6.45, 7) is 3.14. The second-order valence-corrected chi connectivity index (χ2v) is 5.85. The van der Waals surface area contributed by atoms with Gasteiger partial charge in [0.2, 0.25) is 5.89 Å². The van der Waals surface area contributed by atoms with Crippen LogP contribution in [0.4, 0.5) is 4.79 Å². The molecule has 1 atom stereocenters. The normalized spacial score (nSPS) is 18.0. The molecule has 0 spiro atoms. The Bertz CT molecular complexity index is 641. The number of benzene rings is 1. The Morgan fingerprint density at radius 3 is 2.91 bits per heavy atom. The van der Waals surface area contributed by atoms with Gasteiger partial charge < -0.3 is 14.7 Å². The molecule has 1 aromatic heterocycles. The van der Waals surface area contributed by atoms with Crippen LogP contribution in [0.1, 0.15) is 42.6 Å². The van der Waals surface area contributed by atoms with Crippen molar-refractivity contribution in [2.75, 3.05) is 13.1 Å². The minimum absolute atomic E-state index is 0.0542. The maximum Gasteiger partial charge on any atom is 0.318 e. The van der Waals surface area contributed by atoms with Gasteiger partial charge in [-0.15, -0.1) is 0 Å². The van der Waals surface area contributed by atoms with E-state index >= 15 is 0 Å². The number of urea groups is 1. The number of piperidine rings is 1. The average Bonchev–Trinajstić information content (AvgIpc) is 3.02. The maximum absolute atomic E-state index is 12.5. The molecule has 2 aromatic rings. The van der Waals surface area contributed by atoms with Crippen LogP contribution in [0.2, 0.25) is 0 Å². The molecule has 1 N–H and O–H groups in total. The molecule has 6 nitrogen and oxygen atoms in total. The van der Waals surface area contributed by atoms with Gasteiger partial charge in [0.05, 0.1) is 0 Å². The van der Waals surface area contributed by atoms with Gasteiger partial charge in [0.15, 0.2) is 5.82 Å². The number of hydrogen-bond donors (Lipinski definition) is 1. The number of carbonyl (C=O) groups is 1. The Labute approximate surface area is 135 Å². The van der Waals surface area contributed by atoms with Crippen LogP contribution in [0.5, 0.6) is 0 Å². The molecule has 2 heterocycles. The minimum atomic E-state index is -0.110. The number of nitrogens with one attached hydrogen (secondary N) is 1. The van der Waals surface area contributed by atoms with Crippen LogP contribution in [-0.2, 0) is 6.42 Å². The highest BCUT2D eigenvalue weighted by atomic mass is 16.5. The average molecular weight is 314 g/mol. The molecule has 0 aliphatic carbocycles. The predicted molar refractivity (Wildman–Crippen MR) is 85.9 cm³/mol. The molecule has 0 unspecified atom stereocenters. The van der Waals surface area contributed by atoms with Gasteiger partial charge in [-0.1, -0.05) is 35.5 Å². The van der Waals surface area contributed by atoms with Crippen molar-refractivity contribution in [3.05, 3.63) is 47.6 Å². The van der Waals surface area contributed by atoms with Gasteiger partial charge in [0, 0.05) is 13.1 Å². The van der Waals surface area contributed by atoms with Crippen molar-refractivity contribution < 1.29 is 9.32 Å². The molecule has 6 heteroatoms. The summed E-state index contributed by atoms with van der Waals surface area (Å²) >= 11 is 0. The summed E-state index contributed by atoms with van der Waals surface area (Å²) in [4.78, 5) is 18.6. The lowest BCUT2D eigenvalue weighted by Gasteiger charge is -2.33. The number of carbonyl (C=O) groups excluding carboxylic acids is 1. The number of likely N-dealkylation sites (tertiary alicyclic amines) is 1. The SMILES string of the molecule is Cc1noc([C@H]2CCCCN2C(=O)NCCc2ccccc2)n1. The van der Waals surface area contributed by atoms with Crippen LogP contribution in [0.25, 0.3) is 0 Å². The zero-order valence-electron chi connectivity index (χ0n) is 13.4. The first kappa shape index (κ1) is 15.5. The van der Waals surface area contributed by atoms with Crippen LogP contribution in [-0.4, -0.2) is 34.2 Å². The number of hydrogen-bond acceptors (Lipinski definition) is 4. The van der Waals surface area contributed by atoms with Crippen molar-refractivity contribution >= 4 is 6.03 Å². The molecule has 122 valence electrons. The smallest absolute Gasteiger partial charge is 0.318 e. The van der Waals surface area contributed by atoms with Crippen molar-refractivity contribution in [1.82, 2.24) is 20.4 Å². The number of nitrogens with zero attached hydrogens (tertiary/aromatic N) is 3. The predicted octanol–water partition coefficient (Wildman–Crippen LogP) is 2.86. The molecule has 1 saturated heterocycles. The van der Waals surface area contributed by atoms with Crippen LogP contribution in [0, 0.1) is 6.92 Å². The van der Waals surface area contributed by atoms with Gasteiger partial charge in [-0.25, -0.2) is 4.79 Å². The lowest BCUT2D eigenvalue weighted by Crippen LogP contribution is -2.45. The van der Waals surface area contributed by atoms with E-state index in [2.05, 4.69) is 27.6 Å². The van der Waals surface area contributed by atoms with E-state index in [0.717, 1.165) is 32.2 Å². The third kappa shape index (κ3) is 3.88. The van der Waals surface area contributed by atoms with E-state index in [1.54, 1.807) is 6.92 Å². The summed E-state index contributed by atoms with van der Waals surface area (Å²) in [5.41, 5.74) is 1.22. The Kier molecular flexibility index (Phi) is 4.90.